The van der Waals surface area contributed by atoms with Gasteiger partial charge in [0.05, 0.1) is 12.7 Å². The highest BCUT2D eigenvalue weighted by Crippen LogP contribution is 2.12. The standard InChI is InChI=1S/C9H8F2N4/c10-7-2-1-3-8(11)6(7)5-15-13-4-9(12)14-15/h1-4H,5H2,(H2,12,14). The molecule has 6 heteroatoms. The molecule has 15 heavy (non-hydrogen) atoms. The highest BCUT2D eigenvalue weighted by atomic mass is 19.1. The number of hydrogen-bond acceptors (Lipinski definition) is 3. The van der Waals surface area contributed by atoms with Gasteiger partial charge in [0.15, 0.2) is 5.82 Å². The molecule has 2 rings (SSSR count). The molecule has 0 bridgehead atoms. The summed E-state index contributed by atoms with van der Waals surface area (Å²) in [4.78, 5) is 1.14. The number of nitrogens with two attached hydrogens (primary N) is 1. The number of aromatic nitrogens is 3. The molecule has 0 aliphatic heterocycles. The SMILES string of the molecule is Nc1cnn(Cc2c(F)cccc2F)n1. The Labute approximate surface area is 84.3 Å². The van der Waals surface area contributed by atoms with Gasteiger partial charge in [-0.2, -0.15) is 9.90 Å². The topological polar surface area (TPSA) is 56.7 Å². The fraction of sp³-hybridized carbons (Fsp3) is 0.111. The fourth-order valence-electron chi connectivity index (χ4n) is 1.21. The lowest BCUT2D eigenvalue weighted by Gasteiger charge is -2.03. The highest BCUT2D eigenvalue weighted by Gasteiger charge is 2.09. The third-order valence-corrected chi connectivity index (χ3v) is 1.92. The summed E-state index contributed by atoms with van der Waals surface area (Å²) < 4.78 is 26.4. The number of nitrogens with zero attached hydrogens (tertiary/aromatic N) is 3. The zero-order valence-electron chi connectivity index (χ0n) is 7.69. The van der Waals surface area contributed by atoms with Crippen molar-refractivity contribution in [2.45, 2.75) is 6.54 Å². The molecule has 2 aromatic rings. The van der Waals surface area contributed by atoms with Gasteiger partial charge < -0.3 is 5.73 Å². The van der Waals surface area contributed by atoms with E-state index in [1.807, 2.05) is 0 Å². The molecule has 0 fully saturated rings. The average Bonchev–Trinajstić information content (AvgIpc) is 2.58. The lowest BCUT2D eigenvalue weighted by molar-refractivity contribution is 0.510. The maximum absolute atomic E-state index is 13.2. The van der Waals surface area contributed by atoms with Crippen LogP contribution in [-0.2, 0) is 6.54 Å². The highest BCUT2D eigenvalue weighted by molar-refractivity contribution is 5.22. The molecule has 1 aromatic carbocycles. The second-order valence-electron chi connectivity index (χ2n) is 3.00. The third kappa shape index (κ3) is 1.93. The van der Waals surface area contributed by atoms with E-state index in [0.717, 1.165) is 4.80 Å². The molecule has 0 aliphatic rings. The molecule has 0 saturated heterocycles. The Balaban J connectivity index is 2.31. The molecule has 0 atom stereocenters. The normalized spacial score (nSPS) is 10.5. The number of nitrogen functional groups attached to an aromatic ring is 1. The Bertz CT molecular complexity index is 460. The van der Waals surface area contributed by atoms with Crippen molar-refractivity contribution in [2.75, 3.05) is 5.73 Å². The summed E-state index contributed by atoms with van der Waals surface area (Å²) >= 11 is 0. The van der Waals surface area contributed by atoms with Gasteiger partial charge in [0, 0.05) is 5.56 Å². The van der Waals surface area contributed by atoms with Gasteiger partial charge in [0.1, 0.15) is 11.6 Å². The van der Waals surface area contributed by atoms with E-state index in [2.05, 4.69) is 10.2 Å². The Morgan fingerprint density at radius 1 is 1.27 bits per heavy atom. The molecular formula is C9H8F2N4. The molecule has 0 unspecified atom stereocenters. The summed E-state index contributed by atoms with van der Waals surface area (Å²) in [6, 6.07) is 3.68. The van der Waals surface area contributed by atoms with Gasteiger partial charge in [-0.25, -0.2) is 8.78 Å². The second kappa shape index (κ2) is 3.64. The van der Waals surface area contributed by atoms with E-state index >= 15 is 0 Å². The largest absolute Gasteiger partial charge is 0.381 e. The first-order valence-corrected chi connectivity index (χ1v) is 4.25. The van der Waals surface area contributed by atoms with Crippen LogP contribution in [0.15, 0.2) is 24.4 Å². The fourth-order valence-corrected chi connectivity index (χ4v) is 1.21. The van der Waals surface area contributed by atoms with Gasteiger partial charge in [0.2, 0.25) is 0 Å². The molecule has 78 valence electrons. The van der Waals surface area contributed by atoms with E-state index in [1.165, 1.54) is 24.4 Å². The molecule has 1 heterocycles. The van der Waals surface area contributed by atoms with Crippen molar-refractivity contribution in [3.8, 4) is 0 Å². The Morgan fingerprint density at radius 3 is 2.47 bits per heavy atom. The minimum atomic E-state index is -0.620. The number of anilines is 1. The van der Waals surface area contributed by atoms with E-state index in [0.29, 0.717) is 0 Å². The van der Waals surface area contributed by atoms with Crippen molar-refractivity contribution in [3.05, 3.63) is 41.6 Å². The second-order valence-corrected chi connectivity index (χ2v) is 3.00. The smallest absolute Gasteiger partial charge is 0.165 e. The van der Waals surface area contributed by atoms with Crippen LogP contribution in [0.2, 0.25) is 0 Å². The number of benzene rings is 1. The summed E-state index contributed by atoms with van der Waals surface area (Å²) in [6.45, 7) is -0.0737. The molecular weight excluding hydrogens is 202 g/mol. The third-order valence-electron chi connectivity index (χ3n) is 1.92. The summed E-state index contributed by atoms with van der Waals surface area (Å²) in [7, 11) is 0. The Morgan fingerprint density at radius 2 is 1.93 bits per heavy atom. The van der Waals surface area contributed by atoms with E-state index < -0.39 is 11.6 Å². The van der Waals surface area contributed by atoms with Gasteiger partial charge in [0.25, 0.3) is 0 Å². The van der Waals surface area contributed by atoms with E-state index in [1.54, 1.807) is 0 Å². The quantitative estimate of drug-likeness (QED) is 0.809. The minimum absolute atomic E-state index is 0.0737. The van der Waals surface area contributed by atoms with Crippen molar-refractivity contribution in [1.82, 2.24) is 15.0 Å². The lowest BCUT2D eigenvalue weighted by atomic mass is 10.2. The van der Waals surface area contributed by atoms with Crippen molar-refractivity contribution in [2.24, 2.45) is 0 Å². The zero-order valence-corrected chi connectivity index (χ0v) is 7.69. The molecule has 4 nitrogen and oxygen atoms in total. The first kappa shape index (κ1) is 9.57. The van der Waals surface area contributed by atoms with Crippen LogP contribution in [0.25, 0.3) is 0 Å². The van der Waals surface area contributed by atoms with Crippen LogP contribution in [0.5, 0.6) is 0 Å². The summed E-state index contributed by atoms with van der Waals surface area (Å²) in [5, 5.41) is 7.48. The van der Waals surface area contributed by atoms with Crippen LogP contribution in [0, 0.1) is 11.6 Å². The van der Waals surface area contributed by atoms with E-state index in [9.17, 15) is 8.78 Å². The molecule has 0 spiro atoms. The van der Waals surface area contributed by atoms with Crippen LogP contribution in [-0.4, -0.2) is 15.0 Å². The van der Waals surface area contributed by atoms with Gasteiger partial charge in [-0.05, 0) is 12.1 Å². The molecule has 2 N–H and O–H groups in total. The molecule has 0 amide bonds. The van der Waals surface area contributed by atoms with Crippen LogP contribution >= 0.6 is 0 Å². The number of hydrogen-bond donors (Lipinski definition) is 1. The maximum Gasteiger partial charge on any atom is 0.165 e. The van der Waals surface area contributed by atoms with Gasteiger partial charge in [-0.15, -0.1) is 5.10 Å². The summed E-state index contributed by atoms with van der Waals surface area (Å²) in [5.74, 6) is -1.02. The van der Waals surface area contributed by atoms with Gasteiger partial charge in [-0.1, -0.05) is 6.07 Å². The van der Waals surface area contributed by atoms with Crippen LogP contribution in [0.4, 0.5) is 14.6 Å². The molecule has 1 aromatic heterocycles. The number of halogens is 2. The van der Waals surface area contributed by atoms with Crippen molar-refractivity contribution in [3.63, 3.8) is 0 Å². The molecule has 0 aliphatic carbocycles. The van der Waals surface area contributed by atoms with Gasteiger partial charge >= 0.3 is 0 Å². The average molecular weight is 210 g/mol. The molecule has 0 radical (unpaired) electrons. The van der Waals surface area contributed by atoms with E-state index in [-0.39, 0.29) is 17.9 Å². The zero-order chi connectivity index (χ0) is 10.8. The van der Waals surface area contributed by atoms with Crippen molar-refractivity contribution < 1.29 is 8.78 Å². The minimum Gasteiger partial charge on any atom is -0.381 e. The van der Waals surface area contributed by atoms with Crippen molar-refractivity contribution >= 4 is 5.82 Å². The first-order valence-electron chi connectivity index (χ1n) is 4.25. The van der Waals surface area contributed by atoms with E-state index in [4.69, 9.17) is 5.73 Å². The predicted molar refractivity (Wildman–Crippen MR) is 49.9 cm³/mol. The monoisotopic (exact) mass is 210 g/mol. The van der Waals surface area contributed by atoms with Crippen LogP contribution in [0.3, 0.4) is 0 Å². The maximum atomic E-state index is 13.2. The van der Waals surface area contributed by atoms with Crippen LogP contribution < -0.4 is 5.73 Å². The lowest BCUT2D eigenvalue weighted by Crippen LogP contribution is -2.07. The van der Waals surface area contributed by atoms with Gasteiger partial charge in [-0.3, -0.25) is 0 Å². The Kier molecular flexibility index (Phi) is 2.32. The first-order chi connectivity index (χ1) is 7.16. The number of rotatable bonds is 2. The summed E-state index contributed by atoms with van der Waals surface area (Å²) in [5.41, 5.74) is 5.25. The Hall–Kier alpha value is -1.98. The summed E-state index contributed by atoms with van der Waals surface area (Å²) in [6.07, 6.45) is 1.32. The van der Waals surface area contributed by atoms with Crippen LogP contribution in [0.1, 0.15) is 5.56 Å². The predicted octanol–water partition coefficient (Wildman–Crippen LogP) is 1.19. The van der Waals surface area contributed by atoms with Crippen molar-refractivity contribution in [1.29, 1.82) is 0 Å². The molecule has 0 saturated carbocycles.